The van der Waals surface area contributed by atoms with Gasteiger partial charge in [-0.15, -0.1) is 0 Å². The molecule has 4 N–H and O–H groups in total. The van der Waals surface area contributed by atoms with Gasteiger partial charge in [0.2, 0.25) is 17.6 Å². The Morgan fingerprint density at radius 2 is 1.61 bits per heavy atom. The lowest BCUT2D eigenvalue weighted by atomic mass is 9.77. The molecule has 0 bridgehead atoms. The van der Waals surface area contributed by atoms with Crippen LogP contribution in [0.4, 0.5) is 22.0 Å². The molecular weight excluding hydrogens is 705 g/mol. The second kappa shape index (κ2) is 16.7. The van der Waals surface area contributed by atoms with E-state index in [0.29, 0.717) is 22.8 Å². The van der Waals surface area contributed by atoms with Crippen molar-refractivity contribution in [3.05, 3.63) is 94.8 Å². The Bertz CT molecular complexity index is 1720. The van der Waals surface area contributed by atoms with Gasteiger partial charge in [-0.25, -0.2) is 0 Å². The minimum Gasteiger partial charge on any atom is -0.497 e. The molecule has 0 aliphatic heterocycles. The Kier molecular flexibility index (Phi) is 12.7. The molecule has 0 radical (unpaired) electrons. The van der Waals surface area contributed by atoms with E-state index >= 15 is 8.78 Å². The summed E-state index contributed by atoms with van der Waals surface area (Å²) < 4.78 is 73.0. The Labute approximate surface area is 293 Å². The number of amides is 4. The van der Waals surface area contributed by atoms with Crippen molar-refractivity contribution >= 4 is 41.0 Å². The number of alkyl halides is 5. The van der Waals surface area contributed by atoms with Crippen LogP contribution < -0.4 is 26.0 Å². The van der Waals surface area contributed by atoms with Crippen molar-refractivity contribution in [2.24, 2.45) is 5.92 Å². The largest absolute Gasteiger partial charge is 0.497 e. The van der Waals surface area contributed by atoms with E-state index in [1.54, 1.807) is 36.4 Å². The maximum atomic E-state index is 15.0. The number of carbonyl (C=O) groups excluding carboxylic acids is 5. The van der Waals surface area contributed by atoms with Crippen LogP contribution in [-0.4, -0.2) is 72.2 Å². The van der Waals surface area contributed by atoms with Gasteiger partial charge < -0.3 is 26.0 Å². The number of halogens is 6. The van der Waals surface area contributed by atoms with Gasteiger partial charge in [0.05, 0.1) is 13.2 Å². The quantitative estimate of drug-likeness (QED) is 0.135. The normalized spacial score (nSPS) is 15.0. The van der Waals surface area contributed by atoms with Gasteiger partial charge in [0.1, 0.15) is 30.1 Å². The molecule has 3 atom stereocenters. The number of ketones is 1. The molecule has 1 heterocycles. The fourth-order valence-corrected chi connectivity index (χ4v) is 5.40. The molecule has 1 aliphatic carbocycles. The molecule has 2 aromatic carbocycles. The number of Topliss-reactive ketones (excluding diaryl/α,β-unsaturated/α-hetero) is 1. The van der Waals surface area contributed by atoms with Crippen molar-refractivity contribution in [2.45, 2.75) is 55.9 Å². The van der Waals surface area contributed by atoms with Crippen LogP contribution in [0.15, 0.2) is 72.9 Å². The molecule has 4 amide bonds. The second-order valence-electron chi connectivity index (χ2n) is 11.7. The van der Waals surface area contributed by atoms with Gasteiger partial charge in [0.25, 0.3) is 11.8 Å². The first kappa shape index (κ1) is 38.7. The van der Waals surface area contributed by atoms with Gasteiger partial charge in [-0.3, -0.25) is 29.0 Å². The number of aromatic nitrogens is 1. The van der Waals surface area contributed by atoms with Crippen LogP contribution in [0.3, 0.4) is 0 Å². The molecular formula is C34H33ClF5N5O6. The molecule has 1 fully saturated rings. The highest BCUT2D eigenvalue weighted by atomic mass is 35.5. The lowest BCUT2D eigenvalue weighted by Crippen LogP contribution is -2.60. The van der Waals surface area contributed by atoms with E-state index in [1.165, 1.54) is 43.6 Å². The molecule has 4 rings (SSSR count). The van der Waals surface area contributed by atoms with Crippen molar-refractivity contribution in [3.8, 4) is 5.75 Å². The molecule has 1 aromatic heterocycles. The first-order valence-corrected chi connectivity index (χ1v) is 15.9. The standard InChI is InChI=1S/C34H33ClF5N5O6/c1-51-23-13-11-21(12-14-23)27(31(49)44-26(20-7-5-8-20)28(46)34(39,40)32(50)42-18-33(36,37)38)45-30(48)25(17-19-6-4-9-22(35)16-19)43-29(47)24-10-2-3-15-41-24/h2-4,6,9-16,20,25-27H,5,7-8,17-18H2,1H3,(H,42,50)(H,43,47)(H,44,49)(H,45,48). The van der Waals surface area contributed by atoms with Gasteiger partial charge >= 0.3 is 12.1 Å². The van der Waals surface area contributed by atoms with E-state index in [-0.39, 0.29) is 30.5 Å². The van der Waals surface area contributed by atoms with Gasteiger partial charge in [-0.05, 0) is 66.3 Å². The monoisotopic (exact) mass is 737 g/mol. The summed E-state index contributed by atoms with van der Waals surface area (Å²) in [5.41, 5.74) is 0.609. The first-order valence-electron chi connectivity index (χ1n) is 15.6. The Balaban J connectivity index is 1.64. The van der Waals surface area contributed by atoms with Crippen molar-refractivity contribution in [3.63, 3.8) is 0 Å². The average Bonchev–Trinajstić information content (AvgIpc) is 3.07. The summed E-state index contributed by atoms with van der Waals surface area (Å²) in [6, 6.07) is 11.6. The van der Waals surface area contributed by atoms with E-state index in [4.69, 9.17) is 16.3 Å². The third kappa shape index (κ3) is 10.4. The Morgan fingerprint density at radius 3 is 2.18 bits per heavy atom. The molecule has 0 saturated heterocycles. The van der Waals surface area contributed by atoms with Gasteiger partial charge in [0.15, 0.2) is 0 Å². The molecule has 1 saturated carbocycles. The summed E-state index contributed by atoms with van der Waals surface area (Å²) in [4.78, 5) is 70.0. The van der Waals surface area contributed by atoms with Crippen molar-refractivity contribution in [1.82, 2.24) is 26.3 Å². The third-order valence-electron chi connectivity index (χ3n) is 8.09. The molecule has 3 aromatic rings. The van der Waals surface area contributed by atoms with Crippen LogP contribution in [0.1, 0.15) is 46.9 Å². The summed E-state index contributed by atoms with van der Waals surface area (Å²) in [5, 5.41) is 8.67. The molecule has 3 unspecified atom stereocenters. The van der Waals surface area contributed by atoms with E-state index in [0.717, 1.165) is 5.32 Å². The highest BCUT2D eigenvalue weighted by molar-refractivity contribution is 6.30. The zero-order valence-electron chi connectivity index (χ0n) is 26.9. The average molecular weight is 738 g/mol. The van der Waals surface area contributed by atoms with E-state index < -0.39 is 72.1 Å². The van der Waals surface area contributed by atoms with Crippen LogP contribution in [0, 0.1) is 5.92 Å². The third-order valence-corrected chi connectivity index (χ3v) is 8.33. The Morgan fingerprint density at radius 1 is 0.902 bits per heavy atom. The maximum Gasteiger partial charge on any atom is 0.405 e. The Hall–Kier alpha value is -5.12. The summed E-state index contributed by atoms with van der Waals surface area (Å²) in [6.07, 6.45) is -2.90. The molecule has 11 nitrogen and oxygen atoms in total. The number of hydrogen-bond donors (Lipinski definition) is 4. The van der Waals surface area contributed by atoms with Gasteiger partial charge in [-0.1, -0.05) is 48.4 Å². The van der Waals surface area contributed by atoms with Crippen LogP contribution >= 0.6 is 11.6 Å². The predicted molar refractivity (Wildman–Crippen MR) is 173 cm³/mol. The fourth-order valence-electron chi connectivity index (χ4n) is 5.18. The number of rotatable bonds is 15. The predicted octanol–water partition coefficient (Wildman–Crippen LogP) is 4.11. The van der Waals surface area contributed by atoms with Crippen molar-refractivity contribution < 1.29 is 50.7 Å². The molecule has 272 valence electrons. The minimum absolute atomic E-state index is 0.0205. The lowest BCUT2D eigenvalue weighted by Gasteiger charge is -2.35. The maximum absolute atomic E-state index is 15.0. The number of carbonyl (C=O) groups is 5. The summed E-state index contributed by atoms with van der Waals surface area (Å²) in [6.45, 7) is -2.10. The number of nitrogens with one attached hydrogen (secondary N) is 4. The number of pyridine rings is 1. The highest BCUT2D eigenvalue weighted by Crippen LogP contribution is 2.34. The van der Waals surface area contributed by atoms with E-state index in [1.807, 2.05) is 0 Å². The summed E-state index contributed by atoms with van der Waals surface area (Å²) >= 11 is 6.13. The number of hydrogen-bond acceptors (Lipinski definition) is 7. The van der Waals surface area contributed by atoms with Crippen LogP contribution in [-0.2, 0) is 25.6 Å². The van der Waals surface area contributed by atoms with Crippen LogP contribution in [0.5, 0.6) is 5.75 Å². The zero-order valence-corrected chi connectivity index (χ0v) is 27.7. The topological polar surface area (TPSA) is 156 Å². The zero-order chi connectivity index (χ0) is 37.3. The minimum atomic E-state index is -5.03. The van der Waals surface area contributed by atoms with Gasteiger partial charge in [-0.2, -0.15) is 22.0 Å². The highest BCUT2D eigenvalue weighted by Gasteiger charge is 2.53. The number of benzene rings is 2. The molecule has 1 aliphatic rings. The summed E-state index contributed by atoms with van der Waals surface area (Å²) in [7, 11) is 1.38. The van der Waals surface area contributed by atoms with Crippen molar-refractivity contribution in [1.29, 1.82) is 0 Å². The van der Waals surface area contributed by atoms with Gasteiger partial charge in [0, 0.05) is 17.6 Å². The van der Waals surface area contributed by atoms with Crippen LogP contribution in [0.2, 0.25) is 5.02 Å². The first-order chi connectivity index (χ1) is 24.1. The lowest BCUT2D eigenvalue weighted by molar-refractivity contribution is -0.166. The molecule has 17 heteroatoms. The van der Waals surface area contributed by atoms with E-state index in [9.17, 15) is 37.1 Å². The fraction of sp³-hybridized carbons (Fsp3) is 0.353. The number of methoxy groups -OCH3 is 1. The number of nitrogens with zero attached hydrogens (tertiary/aromatic N) is 1. The molecule has 0 spiro atoms. The summed E-state index contributed by atoms with van der Waals surface area (Å²) in [5.74, 6) is -12.8. The van der Waals surface area contributed by atoms with Crippen molar-refractivity contribution in [2.75, 3.05) is 13.7 Å². The SMILES string of the molecule is COc1ccc(C(NC(=O)C(Cc2cccc(Cl)c2)NC(=O)c2ccccn2)C(=O)NC(C(=O)C(F)(F)C(=O)NCC(F)(F)F)C2CCC2)cc1. The van der Waals surface area contributed by atoms with E-state index in [2.05, 4.69) is 20.9 Å². The second-order valence-corrected chi connectivity index (χ2v) is 12.1. The molecule has 51 heavy (non-hydrogen) atoms. The van der Waals surface area contributed by atoms with Crippen LogP contribution in [0.25, 0.3) is 0 Å². The smallest absolute Gasteiger partial charge is 0.405 e. The number of ether oxygens (including phenoxy) is 1.